The van der Waals surface area contributed by atoms with Crippen molar-refractivity contribution in [2.45, 2.75) is 25.8 Å². The molecule has 1 unspecified atom stereocenters. The highest BCUT2D eigenvalue weighted by Crippen LogP contribution is 2.23. The summed E-state index contributed by atoms with van der Waals surface area (Å²) in [4.78, 5) is 22.6. The van der Waals surface area contributed by atoms with Crippen LogP contribution in [0.15, 0.2) is 18.6 Å². The first-order valence-electron chi connectivity index (χ1n) is 8.63. The van der Waals surface area contributed by atoms with Crippen molar-refractivity contribution < 1.29 is 4.79 Å². The molecule has 1 aliphatic heterocycles. The Labute approximate surface area is 157 Å². The molecule has 26 heavy (non-hydrogen) atoms. The highest BCUT2D eigenvalue weighted by Gasteiger charge is 2.28. The Hall–Kier alpha value is -2.55. The van der Waals surface area contributed by atoms with Crippen molar-refractivity contribution in [2.24, 2.45) is 7.05 Å². The van der Waals surface area contributed by atoms with Crippen molar-refractivity contribution in [2.75, 3.05) is 30.3 Å². The fraction of sp³-hybridized carbons (Fsp3) is 0.500. The van der Waals surface area contributed by atoms with Gasteiger partial charge in [0.05, 0.1) is 24.1 Å². The van der Waals surface area contributed by atoms with E-state index in [-0.39, 0.29) is 12.1 Å². The minimum absolute atomic E-state index is 0.0236. The third-order valence-corrected chi connectivity index (χ3v) is 4.45. The number of aryl methyl sites for hydroxylation is 1. The Kier molecular flexibility index (Phi) is 5.77. The molecule has 0 aromatic carbocycles. The molecule has 0 bridgehead atoms. The van der Waals surface area contributed by atoms with E-state index in [1.807, 2.05) is 25.1 Å². The first-order chi connectivity index (χ1) is 12.6. The van der Waals surface area contributed by atoms with Gasteiger partial charge in [0.2, 0.25) is 5.95 Å². The molecule has 1 aliphatic rings. The second-order valence-corrected chi connectivity index (χ2v) is 6.53. The second-order valence-electron chi connectivity index (χ2n) is 6.12. The predicted octanol–water partition coefficient (Wildman–Crippen LogP) is 2.21. The lowest BCUT2D eigenvalue weighted by Gasteiger charge is -2.25. The number of aromatic nitrogens is 4. The molecule has 0 aliphatic carbocycles. The Morgan fingerprint density at radius 3 is 3.00 bits per heavy atom. The number of hydrogen-bond donors (Lipinski definition) is 3. The molecular weight excluding hydrogens is 356 g/mol. The zero-order valence-electron chi connectivity index (χ0n) is 14.9. The van der Waals surface area contributed by atoms with E-state index in [9.17, 15) is 4.79 Å². The molecule has 1 atom stereocenters. The molecule has 0 spiro atoms. The van der Waals surface area contributed by atoms with Gasteiger partial charge in [-0.3, -0.25) is 4.68 Å². The first-order valence-corrected chi connectivity index (χ1v) is 9.01. The van der Waals surface area contributed by atoms with Crippen LogP contribution in [-0.2, 0) is 7.05 Å². The third-order valence-electron chi connectivity index (χ3n) is 4.18. The number of carbonyl (C=O) groups excluding carboxylic acids is 1. The lowest BCUT2D eigenvalue weighted by Crippen LogP contribution is -2.45. The van der Waals surface area contributed by atoms with E-state index in [1.54, 1.807) is 17.1 Å². The van der Waals surface area contributed by atoms with Gasteiger partial charge in [-0.2, -0.15) is 10.1 Å². The van der Waals surface area contributed by atoms with E-state index in [0.29, 0.717) is 29.9 Å². The summed E-state index contributed by atoms with van der Waals surface area (Å²) in [6.07, 6.45) is 7.01. The van der Waals surface area contributed by atoms with Crippen LogP contribution < -0.4 is 16.0 Å². The van der Waals surface area contributed by atoms with Gasteiger partial charge in [0.15, 0.2) is 5.82 Å². The molecule has 1 fully saturated rings. The van der Waals surface area contributed by atoms with E-state index < -0.39 is 0 Å². The number of amides is 2. The van der Waals surface area contributed by atoms with Crippen molar-refractivity contribution in [1.29, 1.82) is 0 Å². The molecule has 2 aromatic heterocycles. The number of nitrogens with one attached hydrogen (secondary N) is 3. The Balaban J connectivity index is 1.63. The lowest BCUT2D eigenvalue weighted by atomic mass is 10.2. The Bertz CT molecular complexity index is 764. The van der Waals surface area contributed by atoms with Crippen molar-refractivity contribution in [3.8, 4) is 0 Å². The zero-order chi connectivity index (χ0) is 18.5. The van der Waals surface area contributed by atoms with E-state index in [4.69, 9.17) is 11.6 Å². The standard InChI is InChI=1S/C16H23ClN8O/c1-3-18-16(26)25-6-4-5-12(25)8-19-14-13(17)9-20-15(23-14)22-11-7-21-24(2)10-11/h7,9-10,12H,3-6,8H2,1-2H3,(H,18,26)(H2,19,20,22,23). The zero-order valence-corrected chi connectivity index (χ0v) is 15.6. The SMILES string of the molecule is CCNC(=O)N1CCCC1CNc1nc(Nc2cnn(C)c2)ncc1Cl. The topological polar surface area (TPSA) is 100 Å². The molecule has 0 radical (unpaired) electrons. The molecule has 9 nitrogen and oxygen atoms in total. The maximum atomic E-state index is 12.1. The minimum atomic E-state index is -0.0236. The van der Waals surface area contributed by atoms with Crippen LogP contribution in [-0.4, -0.2) is 56.4 Å². The van der Waals surface area contributed by atoms with Crippen LogP contribution in [0.3, 0.4) is 0 Å². The summed E-state index contributed by atoms with van der Waals surface area (Å²) in [5, 5.41) is 13.7. The Morgan fingerprint density at radius 1 is 1.42 bits per heavy atom. The summed E-state index contributed by atoms with van der Waals surface area (Å²) >= 11 is 6.21. The van der Waals surface area contributed by atoms with Crippen LogP contribution in [0, 0.1) is 0 Å². The number of anilines is 3. The monoisotopic (exact) mass is 378 g/mol. The van der Waals surface area contributed by atoms with Gasteiger partial charge in [-0.05, 0) is 19.8 Å². The van der Waals surface area contributed by atoms with Gasteiger partial charge < -0.3 is 20.9 Å². The summed E-state index contributed by atoms with van der Waals surface area (Å²) in [5.74, 6) is 0.965. The average molecular weight is 379 g/mol. The van der Waals surface area contributed by atoms with Crippen molar-refractivity contribution in [3.63, 3.8) is 0 Å². The highest BCUT2D eigenvalue weighted by atomic mass is 35.5. The smallest absolute Gasteiger partial charge is 0.317 e. The van der Waals surface area contributed by atoms with Gasteiger partial charge in [-0.25, -0.2) is 9.78 Å². The normalized spacial score (nSPS) is 16.6. The fourth-order valence-electron chi connectivity index (χ4n) is 2.95. The van der Waals surface area contributed by atoms with Gasteiger partial charge in [-0.1, -0.05) is 11.6 Å². The van der Waals surface area contributed by atoms with Crippen molar-refractivity contribution >= 4 is 35.1 Å². The fourth-order valence-corrected chi connectivity index (χ4v) is 3.11. The van der Waals surface area contributed by atoms with Gasteiger partial charge in [0, 0.05) is 32.9 Å². The van der Waals surface area contributed by atoms with Crippen LogP contribution >= 0.6 is 11.6 Å². The van der Waals surface area contributed by atoms with Crippen molar-refractivity contribution in [3.05, 3.63) is 23.6 Å². The summed E-state index contributed by atoms with van der Waals surface area (Å²) in [6.45, 7) is 3.89. The van der Waals surface area contributed by atoms with Gasteiger partial charge >= 0.3 is 6.03 Å². The molecule has 0 saturated carbocycles. The average Bonchev–Trinajstić information content (AvgIpc) is 3.24. The predicted molar refractivity (Wildman–Crippen MR) is 101 cm³/mol. The highest BCUT2D eigenvalue weighted by molar-refractivity contribution is 6.32. The summed E-state index contributed by atoms with van der Waals surface area (Å²) < 4.78 is 1.69. The van der Waals surface area contributed by atoms with Gasteiger partial charge in [0.1, 0.15) is 5.02 Å². The maximum Gasteiger partial charge on any atom is 0.317 e. The van der Waals surface area contributed by atoms with Gasteiger partial charge in [-0.15, -0.1) is 0 Å². The van der Waals surface area contributed by atoms with Crippen LogP contribution in [0.5, 0.6) is 0 Å². The van der Waals surface area contributed by atoms with Crippen LogP contribution in [0.4, 0.5) is 22.2 Å². The number of hydrogen-bond acceptors (Lipinski definition) is 6. The molecule has 10 heteroatoms. The lowest BCUT2D eigenvalue weighted by molar-refractivity contribution is 0.195. The molecule has 1 saturated heterocycles. The summed E-state index contributed by atoms with van der Waals surface area (Å²) in [7, 11) is 1.84. The van der Waals surface area contributed by atoms with E-state index in [1.165, 1.54) is 0 Å². The molecule has 3 heterocycles. The molecule has 2 amide bonds. The molecule has 140 valence electrons. The van der Waals surface area contributed by atoms with Gasteiger partial charge in [0.25, 0.3) is 0 Å². The van der Waals surface area contributed by atoms with E-state index in [0.717, 1.165) is 25.1 Å². The summed E-state index contributed by atoms with van der Waals surface area (Å²) in [5.41, 5.74) is 0.791. The number of likely N-dealkylation sites (tertiary alicyclic amines) is 1. The third kappa shape index (κ3) is 4.34. The van der Waals surface area contributed by atoms with Crippen LogP contribution in [0.25, 0.3) is 0 Å². The van der Waals surface area contributed by atoms with Crippen molar-refractivity contribution in [1.82, 2.24) is 30.0 Å². The molecule has 3 N–H and O–H groups in total. The molecule has 2 aromatic rings. The van der Waals surface area contributed by atoms with Crippen LogP contribution in [0.1, 0.15) is 19.8 Å². The summed E-state index contributed by atoms with van der Waals surface area (Å²) in [6, 6.07) is 0.0897. The number of rotatable bonds is 6. The van der Waals surface area contributed by atoms with Crippen LogP contribution in [0.2, 0.25) is 5.02 Å². The molecule has 3 rings (SSSR count). The maximum absolute atomic E-state index is 12.1. The number of nitrogens with zero attached hydrogens (tertiary/aromatic N) is 5. The second kappa shape index (κ2) is 8.22. The largest absolute Gasteiger partial charge is 0.367 e. The number of carbonyl (C=O) groups is 1. The number of halogens is 1. The molecular formula is C16H23ClN8O. The van der Waals surface area contributed by atoms with E-state index in [2.05, 4.69) is 31.0 Å². The minimum Gasteiger partial charge on any atom is -0.367 e. The first kappa shape index (κ1) is 18.2. The number of urea groups is 1. The Morgan fingerprint density at radius 2 is 2.27 bits per heavy atom. The quantitative estimate of drug-likeness (QED) is 0.712. The van der Waals surface area contributed by atoms with E-state index >= 15 is 0 Å².